The number of halogens is 1. The van der Waals surface area contributed by atoms with Crippen molar-refractivity contribution in [3.63, 3.8) is 0 Å². The molecule has 6 nitrogen and oxygen atoms in total. The van der Waals surface area contributed by atoms with Gasteiger partial charge in [0, 0.05) is 11.4 Å². The molecule has 0 aliphatic carbocycles. The fraction of sp³-hybridized carbons (Fsp3) is 0.381. The van der Waals surface area contributed by atoms with Crippen molar-refractivity contribution in [2.45, 2.75) is 12.5 Å². The highest BCUT2D eigenvalue weighted by molar-refractivity contribution is 6.30. The molecule has 2 N–H and O–H groups in total. The first-order valence-corrected chi connectivity index (χ1v) is 9.46. The van der Waals surface area contributed by atoms with Crippen LogP contribution in [0.25, 0.3) is 0 Å². The van der Waals surface area contributed by atoms with Crippen LogP contribution in [0.2, 0.25) is 5.02 Å². The minimum atomic E-state index is -0.530. The Balaban J connectivity index is 1.76. The molecule has 28 heavy (non-hydrogen) atoms. The van der Waals surface area contributed by atoms with Crippen molar-refractivity contribution in [3.05, 3.63) is 53.6 Å². The molecule has 152 valence electrons. The number of hydrogen-bond acceptors (Lipinski definition) is 4. The Morgan fingerprint density at radius 3 is 2.00 bits per heavy atom. The van der Waals surface area contributed by atoms with Gasteiger partial charge >= 0.3 is 0 Å². The van der Waals surface area contributed by atoms with E-state index in [-0.39, 0.29) is 19.1 Å². The van der Waals surface area contributed by atoms with E-state index in [1.165, 1.54) is 0 Å². The lowest BCUT2D eigenvalue weighted by Crippen LogP contribution is -2.38. The smallest absolute Gasteiger partial charge is 0.222 e. The van der Waals surface area contributed by atoms with E-state index in [0.29, 0.717) is 28.6 Å². The minimum Gasteiger partial charge on any atom is -0.862 e. The van der Waals surface area contributed by atoms with Gasteiger partial charge in [-0.05, 0) is 54.4 Å². The molecule has 0 heterocycles. The second-order valence-electron chi connectivity index (χ2n) is 7.54. The van der Waals surface area contributed by atoms with Crippen molar-refractivity contribution < 1.29 is 24.2 Å². The maximum Gasteiger partial charge on any atom is 0.222 e. The van der Waals surface area contributed by atoms with Crippen LogP contribution in [-0.4, -0.2) is 62.5 Å². The number of benzene rings is 2. The van der Waals surface area contributed by atoms with Crippen molar-refractivity contribution in [1.29, 1.82) is 0 Å². The topological polar surface area (TPSA) is 76.8 Å². The molecule has 0 saturated carbocycles. The molecule has 1 atom stereocenters. The zero-order valence-corrected chi connectivity index (χ0v) is 17.3. The Bertz CT molecular complexity index is 755. The SMILES string of the molecule is C[N+](C)(C)CCC([O-])=Nc1ccc(OCC([OH2+])COc2ccc(Cl)cc2)cc1. The molecule has 0 bridgehead atoms. The summed E-state index contributed by atoms with van der Waals surface area (Å²) in [7, 11) is 6.12. The lowest BCUT2D eigenvalue weighted by molar-refractivity contribution is -0.869. The van der Waals surface area contributed by atoms with Gasteiger partial charge in [-0.3, -0.25) is 4.99 Å². The molecule has 0 spiro atoms. The molecule has 0 amide bonds. The molecular formula is C21H28ClN2O4+. The number of nitrogens with zero attached hydrogens (tertiary/aromatic N) is 2. The summed E-state index contributed by atoms with van der Waals surface area (Å²) in [5.74, 6) is 1.16. The zero-order chi connectivity index (χ0) is 20.6. The third-order valence-electron chi connectivity index (χ3n) is 3.80. The second kappa shape index (κ2) is 10.3. The van der Waals surface area contributed by atoms with Gasteiger partial charge in [0.25, 0.3) is 0 Å². The summed E-state index contributed by atoms with van der Waals surface area (Å²) in [4.78, 5) is 4.10. The Kier molecular flexibility index (Phi) is 8.11. The summed E-state index contributed by atoms with van der Waals surface area (Å²) in [6.45, 7) is 1.16. The summed E-state index contributed by atoms with van der Waals surface area (Å²) < 4.78 is 11.9. The monoisotopic (exact) mass is 407 g/mol. The number of aliphatic imine (C=N–C) groups is 1. The van der Waals surface area contributed by atoms with E-state index < -0.39 is 6.10 Å². The predicted octanol–water partition coefficient (Wildman–Crippen LogP) is 2.38. The number of hydrogen-bond donors (Lipinski definition) is 0. The van der Waals surface area contributed by atoms with Gasteiger partial charge in [-0.15, -0.1) is 0 Å². The number of rotatable bonds is 10. The van der Waals surface area contributed by atoms with Crippen molar-refractivity contribution in [2.24, 2.45) is 4.99 Å². The molecule has 1 unspecified atom stereocenters. The Labute approximate surface area is 171 Å². The molecule has 2 rings (SSSR count). The molecular weight excluding hydrogens is 380 g/mol. The largest absolute Gasteiger partial charge is 0.862 e. The third kappa shape index (κ3) is 8.61. The first-order chi connectivity index (χ1) is 13.2. The van der Waals surface area contributed by atoms with Gasteiger partial charge in [0.15, 0.2) is 13.2 Å². The summed E-state index contributed by atoms with van der Waals surface area (Å²) in [6.07, 6.45) is -0.118. The number of ether oxygens (including phenoxy) is 2. The second-order valence-corrected chi connectivity index (χ2v) is 7.97. The van der Waals surface area contributed by atoms with Gasteiger partial charge < -0.3 is 24.2 Å². The average Bonchev–Trinajstić information content (AvgIpc) is 2.65. The van der Waals surface area contributed by atoms with Gasteiger partial charge in [-0.1, -0.05) is 11.6 Å². The Morgan fingerprint density at radius 2 is 1.50 bits per heavy atom. The van der Waals surface area contributed by atoms with Crippen LogP contribution in [0.15, 0.2) is 53.5 Å². The normalized spacial score (nSPS) is 13.2. The van der Waals surface area contributed by atoms with Crippen LogP contribution in [0.3, 0.4) is 0 Å². The van der Waals surface area contributed by atoms with E-state index in [1.54, 1.807) is 48.5 Å². The lowest BCUT2D eigenvalue weighted by Gasteiger charge is -2.25. The zero-order valence-electron chi connectivity index (χ0n) is 16.5. The molecule has 0 aliphatic rings. The fourth-order valence-corrected chi connectivity index (χ4v) is 2.35. The molecule has 2 aromatic carbocycles. The minimum absolute atomic E-state index is 0.132. The highest BCUT2D eigenvalue weighted by atomic mass is 35.5. The summed E-state index contributed by atoms with van der Waals surface area (Å²) >= 11 is 5.83. The van der Waals surface area contributed by atoms with E-state index in [1.807, 2.05) is 21.1 Å². The molecule has 0 saturated heterocycles. The maximum atomic E-state index is 11.9. The van der Waals surface area contributed by atoms with Gasteiger partial charge in [-0.25, -0.2) is 0 Å². The third-order valence-corrected chi connectivity index (χ3v) is 4.05. The van der Waals surface area contributed by atoms with Crippen molar-refractivity contribution in [2.75, 3.05) is 40.9 Å². The van der Waals surface area contributed by atoms with Crippen LogP contribution in [0, 0.1) is 0 Å². The van der Waals surface area contributed by atoms with Crippen LogP contribution in [0.1, 0.15) is 6.42 Å². The first kappa shape index (κ1) is 22.0. The van der Waals surface area contributed by atoms with E-state index in [4.69, 9.17) is 26.2 Å². The van der Waals surface area contributed by atoms with E-state index in [2.05, 4.69) is 4.99 Å². The first-order valence-electron chi connectivity index (χ1n) is 9.09. The van der Waals surface area contributed by atoms with Crippen LogP contribution in [-0.2, 0) is 0 Å². The van der Waals surface area contributed by atoms with Gasteiger partial charge in [0.05, 0.1) is 33.4 Å². The highest BCUT2D eigenvalue weighted by Crippen LogP contribution is 2.19. The molecule has 0 aliphatic heterocycles. The summed E-state index contributed by atoms with van der Waals surface area (Å²) in [5, 5.41) is 20.6. The quantitative estimate of drug-likeness (QED) is 0.262. The Morgan fingerprint density at radius 1 is 1.00 bits per heavy atom. The summed E-state index contributed by atoms with van der Waals surface area (Å²) in [5.41, 5.74) is 0.604. The lowest BCUT2D eigenvalue weighted by atomic mass is 10.3. The molecule has 0 aromatic heterocycles. The average molecular weight is 408 g/mol. The number of quaternary nitrogens is 1. The van der Waals surface area contributed by atoms with Crippen molar-refractivity contribution >= 4 is 23.2 Å². The van der Waals surface area contributed by atoms with Crippen LogP contribution in [0.5, 0.6) is 11.5 Å². The molecule has 2 aromatic rings. The van der Waals surface area contributed by atoms with Crippen molar-refractivity contribution in [3.8, 4) is 11.5 Å². The van der Waals surface area contributed by atoms with E-state index in [0.717, 1.165) is 11.0 Å². The van der Waals surface area contributed by atoms with Gasteiger partial charge in [-0.2, -0.15) is 0 Å². The highest BCUT2D eigenvalue weighted by Gasteiger charge is 2.11. The Hall–Kier alpha value is -2.28. The van der Waals surface area contributed by atoms with Crippen LogP contribution < -0.4 is 14.6 Å². The standard InChI is InChI=1S/C21H27ClN2O4/c1-24(2,3)13-12-21(26)23-17-6-10-20(11-7-17)28-15-18(25)14-27-19-8-4-16(22)5-9-19/h4-11,18,25H,12-15H2,1-3H3/p+1. The van der Waals surface area contributed by atoms with Crippen molar-refractivity contribution in [1.82, 2.24) is 0 Å². The maximum absolute atomic E-state index is 11.9. The van der Waals surface area contributed by atoms with Crippen LogP contribution >= 0.6 is 11.6 Å². The molecule has 0 radical (unpaired) electrons. The molecule has 0 fully saturated rings. The van der Waals surface area contributed by atoms with Crippen LogP contribution in [0.4, 0.5) is 5.69 Å². The predicted molar refractivity (Wildman–Crippen MR) is 111 cm³/mol. The van der Waals surface area contributed by atoms with Gasteiger partial charge in [0.1, 0.15) is 11.5 Å². The van der Waals surface area contributed by atoms with Gasteiger partial charge in [0.2, 0.25) is 6.10 Å². The fourth-order valence-electron chi connectivity index (χ4n) is 2.22. The summed E-state index contributed by atoms with van der Waals surface area (Å²) in [6, 6.07) is 14.0. The molecule has 7 heteroatoms. The van der Waals surface area contributed by atoms with E-state index in [9.17, 15) is 5.11 Å². The van der Waals surface area contributed by atoms with E-state index >= 15 is 0 Å².